The maximum Gasteiger partial charge on any atom is 0.417 e. The lowest BCUT2D eigenvalue weighted by atomic mass is 9.55. The molecule has 0 bridgehead atoms. The first kappa shape index (κ1) is 48.2. The molecule has 0 N–H and O–H groups in total. The first-order valence-corrected chi connectivity index (χ1v) is 27.4. The van der Waals surface area contributed by atoms with Crippen molar-refractivity contribution in [2.45, 2.75) is 50.9 Å². The van der Waals surface area contributed by atoms with Gasteiger partial charge in [-0.2, -0.15) is 26.3 Å². The highest BCUT2D eigenvalue weighted by molar-refractivity contribution is 7.27. The Morgan fingerprint density at radius 1 is 0.346 bits per heavy atom. The van der Waals surface area contributed by atoms with Gasteiger partial charge >= 0.3 is 12.4 Å². The quantitative estimate of drug-likeness (QED) is 0.153. The van der Waals surface area contributed by atoms with Gasteiger partial charge in [0.2, 0.25) is 0 Å². The summed E-state index contributed by atoms with van der Waals surface area (Å²) in [7, 11) is 0. The van der Waals surface area contributed by atoms with E-state index in [1.807, 2.05) is 60.7 Å². The molecule has 0 fully saturated rings. The maximum atomic E-state index is 14.7. The standard InChI is InChI=1S/C68H46F6N2S2/c1-39-17-5-11-29-57(39)75(59-31-15-21-45-43-19-13-27-55(67(69,70)71)61(43)77-63(45)59)41-33-35-49-47(37-41)48-38-42(34-36-50(48)66(49)53-25-9-7-23-51(53)65(3,4)52-24-8-10-26-54(52)66)76(58-30-12-6-18-40(58)2)60-32-16-22-46-44-20-14-28-56(68(72,73)74)62(44)78-64(46)60/h5-38H,1-4H3. The predicted octanol–water partition coefficient (Wildman–Crippen LogP) is 21.0. The summed E-state index contributed by atoms with van der Waals surface area (Å²) in [5, 5.41) is 2.59. The molecule has 12 aromatic rings. The summed E-state index contributed by atoms with van der Waals surface area (Å²) >= 11 is 2.33. The zero-order valence-electron chi connectivity index (χ0n) is 42.6. The number of fused-ring (bicyclic) bond motifs is 15. The van der Waals surface area contributed by atoms with E-state index in [0.717, 1.165) is 99.8 Å². The molecule has 0 aliphatic heterocycles. The number of thiophene rings is 2. The number of anilines is 6. The van der Waals surface area contributed by atoms with Gasteiger partial charge in [0.05, 0.1) is 37.3 Å². The van der Waals surface area contributed by atoms with Crippen LogP contribution >= 0.6 is 22.7 Å². The fourth-order valence-corrected chi connectivity index (χ4v) is 15.7. The van der Waals surface area contributed by atoms with E-state index in [1.165, 1.54) is 57.1 Å². The molecule has 2 heterocycles. The third-order valence-electron chi connectivity index (χ3n) is 16.4. The molecule has 10 aromatic carbocycles. The Balaban J connectivity index is 1.07. The van der Waals surface area contributed by atoms with Gasteiger partial charge in [0.25, 0.3) is 0 Å². The van der Waals surface area contributed by atoms with E-state index in [1.54, 1.807) is 12.1 Å². The van der Waals surface area contributed by atoms with Gasteiger partial charge in [0, 0.05) is 59.1 Å². The molecule has 0 atom stereocenters. The smallest absolute Gasteiger partial charge is 0.309 e. The second-order valence-electron chi connectivity index (χ2n) is 21.0. The fourth-order valence-electron chi connectivity index (χ4n) is 13.0. The van der Waals surface area contributed by atoms with Gasteiger partial charge in [0.1, 0.15) is 0 Å². The number of nitrogens with zero attached hydrogens (tertiary/aromatic N) is 2. The van der Waals surface area contributed by atoms with E-state index in [4.69, 9.17) is 0 Å². The number of aryl methyl sites for hydroxylation is 2. The molecule has 0 radical (unpaired) electrons. The molecule has 2 aromatic heterocycles. The van der Waals surface area contributed by atoms with Crippen LogP contribution in [0.25, 0.3) is 51.5 Å². The van der Waals surface area contributed by atoms with Crippen LogP contribution in [0.3, 0.4) is 0 Å². The Morgan fingerprint density at radius 3 is 1.09 bits per heavy atom. The van der Waals surface area contributed by atoms with Crippen LogP contribution in [-0.4, -0.2) is 0 Å². The predicted molar refractivity (Wildman–Crippen MR) is 310 cm³/mol. The number of rotatable bonds is 6. The van der Waals surface area contributed by atoms with Crippen LogP contribution in [0.2, 0.25) is 0 Å². The van der Waals surface area contributed by atoms with E-state index in [0.29, 0.717) is 10.8 Å². The molecule has 0 unspecified atom stereocenters. The molecule has 10 heteroatoms. The van der Waals surface area contributed by atoms with Gasteiger partial charge in [0.15, 0.2) is 0 Å². The minimum atomic E-state index is -4.54. The highest BCUT2D eigenvalue weighted by Gasteiger charge is 2.53. The second-order valence-corrected chi connectivity index (χ2v) is 23.1. The Kier molecular flexibility index (Phi) is 10.6. The van der Waals surface area contributed by atoms with Crippen LogP contribution < -0.4 is 9.80 Å². The summed E-state index contributed by atoms with van der Waals surface area (Å²) in [5.41, 5.74) is 13.3. The van der Waals surface area contributed by atoms with Gasteiger partial charge in [-0.1, -0.05) is 159 Å². The molecule has 2 aliphatic carbocycles. The monoisotopic (exact) mass is 1070 g/mol. The highest BCUT2D eigenvalue weighted by Crippen LogP contribution is 2.64. The number of alkyl halides is 6. The molecule has 0 saturated carbocycles. The van der Waals surface area contributed by atoms with Crippen LogP contribution in [0.4, 0.5) is 60.5 Å². The number of hydrogen-bond donors (Lipinski definition) is 0. The molecule has 382 valence electrons. The number of hydrogen-bond acceptors (Lipinski definition) is 4. The van der Waals surface area contributed by atoms with E-state index in [2.05, 4.69) is 147 Å². The van der Waals surface area contributed by atoms with Gasteiger partial charge in [-0.15, -0.1) is 22.7 Å². The lowest BCUT2D eigenvalue weighted by Gasteiger charge is -2.46. The van der Waals surface area contributed by atoms with E-state index in [9.17, 15) is 26.3 Å². The van der Waals surface area contributed by atoms with Gasteiger partial charge in [-0.3, -0.25) is 0 Å². The zero-order chi connectivity index (χ0) is 53.6. The van der Waals surface area contributed by atoms with Crippen LogP contribution in [0.1, 0.15) is 69.5 Å². The lowest BCUT2D eigenvalue weighted by molar-refractivity contribution is -0.137. The zero-order valence-corrected chi connectivity index (χ0v) is 44.2. The SMILES string of the molecule is Cc1ccccc1N(c1ccc2c(c1)-c1cc(N(c3ccccc3C)c3cccc4c3sc3c(C(F)(F)F)cccc34)ccc1C21c2ccccc2C(C)(C)c2ccccc21)c1cccc2c1sc1c(C(F)(F)F)cccc12. The van der Waals surface area contributed by atoms with Gasteiger partial charge < -0.3 is 9.80 Å². The minimum absolute atomic E-state index is 0.192. The summed E-state index contributed by atoms with van der Waals surface area (Å²) in [4.78, 5) is 4.38. The van der Waals surface area contributed by atoms with E-state index < -0.39 is 28.9 Å². The van der Waals surface area contributed by atoms with Crippen LogP contribution in [0.15, 0.2) is 206 Å². The van der Waals surface area contributed by atoms with E-state index >= 15 is 0 Å². The molecule has 0 amide bonds. The summed E-state index contributed by atoms with van der Waals surface area (Å²) in [6.45, 7) is 8.69. The first-order chi connectivity index (χ1) is 37.6. The maximum absolute atomic E-state index is 14.7. The van der Waals surface area contributed by atoms with Gasteiger partial charge in [-0.05, 0) is 130 Å². The normalized spacial score (nSPS) is 14.2. The lowest BCUT2D eigenvalue weighted by Crippen LogP contribution is -2.40. The highest BCUT2D eigenvalue weighted by atomic mass is 32.1. The Morgan fingerprint density at radius 2 is 0.692 bits per heavy atom. The van der Waals surface area contributed by atoms with Crippen molar-refractivity contribution in [1.29, 1.82) is 0 Å². The molecule has 2 aliphatic rings. The largest absolute Gasteiger partial charge is 0.417 e. The van der Waals surface area contributed by atoms with Crippen molar-refractivity contribution in [2.75, 3.05) is 9.80 Å². The van der Waals surface area contributed by atoms with Crippen molar-refractivity contribution in [3.8, 4) is 11.1 Å². The second kappa shape index (κ2) is 17.2. The Bertz CT molecular complexity index is 4180. The van der Waals surface area contributed by atoms with Crippen LogP contribution in [0.5, 0.6) is 0 Å². The van der Waals surface area contributed by atoms with Crippen molar-refractivity contribution in [3.05, 3.63) is 262 Å². The molecule has 1 spiro atoms. The molecule has 0 saturated heterocycles. The van der Waals surface area contributed by atoms with Crippen molar-refractivity contribution in [2.24, 2.45) is 0 Å². The summed E-state index contributed by atoms with van der Waals surface area (Å²) in [6, 6.07) is 67.5. The topological polar surface area (TPSA) is 6.48 Å². The molecule has 14 rings (SSSR count). The minimum Gasteiger partial charge on any atom is -0.309 e. The Hall–Kier alpha value is -8.18. The van der Waals surface area contributed by atoms with Crippen LogP contribution in [-0.2, 0) is 23.2 Å². The average molecular weight is 1070 g/mol. The molecular weight excluding hydrogens is 1020 g/mol. The molecule has 78 heavy (non-hydrogen) atoms. The third kappa shape index (κ3) is 6.88. The average Bonchev–Trinajstić information content (AvgIpc) is 4.18. The van der Waals surface area contributed by atoms with Crippen molar-refractivity contribution in [1.82, 2.24) is 0 Å². The van der Waals surface area contributed by atoms with Crippen molar-refractivity contribution in [3.63, 3.8) is 0 Å². The van der Waals surface area contributed by atoms with Crippen LogP contribution in [0, 0.1) is 13.8 Å². The fraction of sp³-hybridized carbons (Fsp3) is 0.118. The summed E-state index contributed by atoms with van der Waals surface area (Å²) in [5.74, 6) is 0. The molecular formula is C68H46F6N2S2. The third-order valence-corrected chi connectivity index (χ3v) is 19.0. The number of para-hydroxylation sites is 2. The van der Waals surface area contributed by atoms with Gasteiger partial charge in [-0.25, -0.2) is 0 Å². The summed E-state index contributed by atoms with van der Waals surface area (Å²) < 4.78 is 90.2. The van der Waals surface area contributed by atoms with Crippen molar-refractivity contribution < 1.29 is 26.3 Å². The summed E-state index contributed by atoms with van der Waals surface area (Å²) in [6.07, 6.45) is -9.08. The van der Waals surface area contributed by atoms with E-state index in [-0.39, 0.29) is 14.8 Å². The number of halogens is 6. The Labute approximate surface area is 454 Å². The number of benzene rings is 10. The van der Waals surface area contributed by atoms with Crippen molar-refractivity contribution >= 4 is 97.1 Å². The first-order valence-electron chi connectivity index (χ1n) is 25.8. The molecule has 2 nitrogen and oxygen atoms in total.